The van der Waals surface area contributed by atoms with Gasteiger partial charge < -0.3 is 18.9 Å². The number of ether oxygens (including phenoxy) is 4. The minimum absolute atomic E-state index is 0.700. The predicted molar refractivity (Wildman–Crippen MR) is 128 cm³/mol. The third-order valence-corrected chi connectivity index (χ3v) is 5.39. The summed E-state index contributed by atoms with van der Waals surface area (Å²) >= 11 is 1.65. The van der Waals surface area contributed by atoms with E-state index in [1.165, 1.54) is 0 Å². The van der Waals surface area contributed by atoms with E-state index in [2.05, 4.69) is 6.92 Å². The van der Waals surface area contributed by atoms with E-state index >= 15 is 0 Å². The fourth-order valence-electron chi connectivity index (χ4n) is 2.97. The third kappa shape index (κ3) is 6.22. The first-order valence-corrected chi connectivity index (χ1v) is 11.4. The molecule has 31 heavy (non-hydrogen) atoms. The van der Waals surface area contributed by atoms with Gasteiger partial charge in [0.25, 0.3) is 0 Å². The van der Waals surface area contributed by atoms with Crippen molar-refractivity contribution in [2.24, 2.45) is 0 Å². The van der Waals surface area contributed by atoms with Crippen LogP contribution in [0.2, 0.25) is 0 Å². The lowest BCUT2D eigenvalue weighted by Gasteiger charge is -2.15. The third-order valence-electron chi connectivity index (χ3n) is 4.61. The van der Waals surface area contributed by atoms with Crippen LogP contribution in [0.25, 0.3) is 11.8 Å². The molecule has 3 rings (SSSR count). The molecule has 0 atom stereocenters. The van der Waals surface area contributed by atoms with Crippen LogP contribution in [0.1, 0.15) is 24.5 Å². The molecule has 0 aliphatic carbocycles. The Kier molecular flexibility index (Phi) is 8.30. The highest BCUT2D eigenvalue weighted by molar-refractivity contribution is 7.98. The molecule has 0 amide bonds. The quantitative estimate of drug-likeness (QED) is 0.199. The van der Waals surface area contributed by atoms with Crippen molar-refractivity contribution in [3.63, 3.8) is 0 Å². The molecule has 0 aromatic heterocycles. The van der Waals surface area contributed by atoms with Crippen molar-refractivity contribution in [1.29, 1.82) is 0 Å². The van der Waals surface area contributed by atoms with Crippen molar-refractivity contribution in [2.75, 3.05) is 27.1 Å². The molecule has 0 aliphatic heterocycles. The van der Waals surface area contributed by atoms with Gasteiger partial charge in [-0.05, 0) is 78.9 Å². The van der Waals surface area contributed by atoms with Gasteiger partial charge >= 0.3 is 0 Å². The van der Waals surface area contributed by atoms with E-state index in [9.17, 15) is 0 Å². The van der Waals surface area contributed by atoms with Crippen LogP contribution in [0.5, 0.6) is 23.0 Å². The summed E-state index contributed by atoms with van der Waals surface area (Å²) < 4.78 is 22.7. The van der Waals surface area contributed by atoms with Crippen LogP contribution in [0.15, 0.2) is 71.6 Å². The maximum atomic E-state index is 6.36. The van der Waals surface area contributed by atoms with Crippen LogP contribution in [-0.4, -0.2) is 27.1 Å². The van der Waals surface area contributed by atoms with E-state index in [0.717, 1.165) is 51.2 Å². The van der Waals surface area contributed by atoms with Crippen LogP contribution in [0.3, 0.4) is 0 Å². The molecule has 3 aromatic carbocycles. The molecule has 0 saturated carbocycles. The first kappa shape index (κ1) is 22.6. The molecule has 0 aliphatic rings. The number of thioether (sulfide) groups is 1. The molecule has 0 saturated heterocycles. The smallest absolute Gasteiger partial charge is 0.136 e. The lowest BCUT2D eigenvalue weighted by Crippen LogP contribution is -1.99. The fraction of sp³-hybridized carbons (Fsp3) is 0.231. The van der Waals surface area contributed by atoms with Crippen LogP contribution >= 0.6 is 11.8 Å². The lowest BCUT2D eigenvalue weighted by molar-refractivity contribution is 0.317. The van der Waals surface area contributed by atoms with Gasteiger partial charge in [0.15, 0.2) is 0 Å². The molecule has 4 nitrogen and oxygen atoms in total. The summed E-state index contributed by atoms with van der Waals surface area (Å²) in [5.74, 6) is 3.96. The van der Waals surface area contributed by atoms with Gasteiger partial charge in [-0.15, -0.1) is 11.8 Å². The highest BCUT2D eigenvalue weighted by Gasteiger charge is 2.12. The van der Waals surface area contributed by atoms with Crippen LogP contribution < -0.4 is 18.9 Å². The molecule has 5 heteroatoms. The summed E-state index contributed by atoms with van der Waals surface area (Å²) in [5, 5.41) is 0. The molecule has 3 aromatic rings. The molecule has 162 valence electrons. The maximum absolute atomic E-state index is 6.36. The SMILES string of the molecule is CCCOc1ccc(O/C(=C\c2ccc(OC)cc2)c2ccc(OC)cc2SC)cc1. The van der Waals surface area contributed by atoms with Gasteiger partial charge in [0.05, 0.1) is 20.8 Å². The van der Waals surface area contributed by atoms with Crippen molar-refractivity contribution in [1.82, 2.24) is 0 Å². The zero-order valence-corrected chi connectivity index (χ0v) is 19.2. The number of rotatable bonds is 10. The maximum Gasteiger partial charge on any atom is 0.136 e. The van der Waals surface area contributed by atoms with Gasteiger partial charge in [-0.1, -0.05) is 19.1 Å². The first-order valence-electron chi connectivity index (χ1n) is 10.2. The van der Waals surface area contributed by atoms with Gasteiger partial charge in [0.2, 0.25) is 0 Å². The van der Waals surface area contributed by atoms with E-state index in [1.807, 2.05) is 79.1 Å². The monoisotopic (exact) mass is 436 g/mol. The van der Waals surface area contributed by atoms with Crippen molar-refractivity contribution < 1.29 is 18.9 Å². The first-order chi connectivity index (χ1) is 15.2. The second kappa shape index (κ2) is 11.4. The van der Waals surface area contributed by atoms with Crippen LogP contribution in [0, 0.1) is 0 Å². The summed E-state index contributed by atoms with van der Waals surface area (Å²) in [4.78, 5) is 1.07. The van der Waals surface area contributed by atoms with Crippen molar-refractivity contribution in [2.45, 2.75) is 18.2 Å². The number of hydrogen-bond acceptors (Lipinski definition) is 5. The second-order valence-corrected chi connectivity index (χ2v) is 7.62. The van der Waals surface area contributed by atoms with Crippen LogP contribution in [0.4, 0.5) is 0 Å². The molecule has 0 N–H and O–H groups in total. The number of methoxy groups -OCH3 is 2. The average molecular weight is 437 g/mol. The minimum atomic E-state index is 0.700. The zero-order chi connectivity index (χ0) is 22.1. The van der Waals surface area contributed by atoms with Gasteiger partial charge in [-0.3, -0.25) is 0 Å². The second-order valence-electron chi connectivity index (χ2n) is 6.77. The normalized spacial score (nSPS) is 11.2. The summed E-state index contributed by atoms with van der Waals surface area (Å²) in [6, 6.07) is 21.6. The standard InChI is InChI=1S/C26H28O4S/c1-5-16-29-21-10-12-22(13-11-21)30-25(17-19-6-8-20(27-2)9-7-19)24-15-14-23(28-3)18-26(24)31-4/h6-15,17-18H,5,16H2,1-4H3/b25-17-. The predicted octanol–water partition coefficient (Wildman–Crippen LogP) is 6.79. The van der Waals surface area contributed by atoms with E-state index in [4.69, 9.17) is 18.9 Å². The number of benzene rings is 3. The Morgan fingerprint density at radius 1 is 0.806 bits per heavy atom. The largest absolute Gasteiger partial charge is 0.497 e. The molecular formula is C26H28O4S. The Morgan fingerprint density at radius 2 is 1.42 bits per heavy atom. The molecule has 0 fully saturated rings. The average Bonchev–Trinajstić information content (AvgIpc) is 2.83. The topological polar surface area (TPSA) is 36.9 Å². The molecule has 0 radical (unpaired) electrons. The minimum Gasteiger partial charge on any atom is -0.497 e. The Balaban J connectivity index is 1.97. The highest BCUT2D eigenvalue weighted by Crippen LogP contribution is 2.33. The molecule has 0 unspecified atom stereocenters. The van der Waals surface area contributed by atoms with Crippen LogP contribution in [-0.2, 0) is 0 Å². The van der Waals surface area contributed by atoms with E-state index < -0.39 is 0 Å². The molecule has 0 heterocycles. The van der Waals surface area contributed by atoms with E-state index in [0.29, 0.717) is 6.61 Å². The van der Waals surface area contributed by atoms with Gasteiger partial charge in [0, 0.05) is 10.5 Å². The van der Waals surface area contributed by atoms with Crippen molar-refractivity contribution in [3.05, 3.63) is 77.9 Å². The Hall–Kier alpha value is -3.05. The molecule has 0 bridgehead atoms. The zero-order valence-electron chi connectivity index (χ0n) is 18.4. The molecular weight excluding hydrogens is 408 g/mol. The summed E-state index contributed by atoms with van der Waals surface area (Å²) in [5.41, 5.74) is 2.01. The molecule has 0 spiro atoms. The van der Waals surface area contributed by atoms with Gasteiger partial charge in [-0.2, -0.15) is 0 Å². The number of hydrogen-bond donors (Lipinski definition) is 0. The summed E-state index contributed by atoms with van der Waals surface area (Å²) in [6.45, 7) is 2.79. The van der Waals surface area contributed by atoms with Crippen molar-refractivity contribution in [3.8, 4) is 23.0 Å². The Morgan fingerprint density at radius 3 is 2.03 bits per heavy atom. The van der Waals surface area contributed by atoms with Gasteiger partial charge in [0.1, 0.15) is 28.8 Å². The van der Waals surface area contributed by atoms with Gasteiger partial charge in [-0.25, -0.2) is 0 Å². The summed E-state index contributed by atoms with van der Waals surface area (Å²) in [7, 11) is 3.33. The van der Waals surface area contributed by atoms with E-state index in [-0.39, 0.29) is 0 Å². The fourth-order valence-corrected chi connectivity index (χ4v) is 3.59. The summed E-state index contributed by atoms with van der Waals surface area (Å²) in [6.07, 6.45) is 5.05. The Bertz CT molecular complexity index is 995. The van der Waals surface area contributed by atoms with E-state index in [1.54, 1.807) is 26.0 Å². The Labute approximate surface area is 188 Å². The highest BCUT2D eigenvalue weighted by atomic mass is 32.2. The lowest BCUT2D eigenvalue weighted by atomic mass is 10.1. The van der Waals surface area contributed by atoms with Crippen molar-refractivity contribution >= 4 is 23.6 Å².